The fourth-order valence-electron chi connectivity index (χ4n) is 1.22. The first-order valence-corrected chi connectivity index (χ1v) is 3.92. The molecule has 0 aromatic heterocycles. The highest BCUT2D eigenvalue weighted by atomic mass is 16.2. The average molecular weight is 157 g/mol. The van der Waals surface area contributed by atoms with Crippen molar-refractivity contribution in [1.82, 2.24) is 10.2 Å². The van der Waals surface area contributed by atoms with E-state index >= 15 is 0 Å². The summed E-state index contributed by atoms with van der Waals surface area (Å²) in [6.07, 6.45) is 0.590. The predicted octanol–water partition coefficient (Wildman–Crippen LogP) is -1.23. The third kappa shape index (κ3) is 1.91. The standard InChI is InChI=1S/C7H15N3O/c1-10-6(4-8)5-9-3-2-7(10)11/h6,9H,2-5,8H2,1H3. The van der Waals surface area contributed by atoms with Crippen LogP contribution in [0.15, 0.2) is 0 Å². The van der Waals surface area contributed by atoms with Gasteiger partial charge in [-0.1, -0.05) is 0 Å². The third-order valence-corrected chi connectivity index (χ3v) is 2.11. The van der Waals surface area contributed by atoms with Gasteiger partial charge < -0.3 is 16.0 Å². The highest BCUT2D eigenvalue weighted by Gasteiger charge is 2.20. The molecule has 1 unspecified atom stereocenters. The van der Waals surface area contributed by atoms with Crippen LogP contribution in [0.25, 0.3) is 0 Å². The number of nitrogens with one attached hydrogen (secondary N) is 1. The van der Waals surface area contributed by atoms with Gasteiger partial charge in [0, 0.05) is 33.1 Å². The number of rotatable bonds is 1. The van der Waals surface area contributed by atoms with E-state index in [1.807, 2.05) is 7.05 Å². The first-order chi connectivity index (χ1) is 5.25. The van der Waals surface area contributed by atoms with Gasteiger partial charge in [-0.2, -0.15) is 0 Å². The summed E-state index contributed by atoms with van der Waals surface area (Å²) in [7, 11) is 1.81. The van der Waals surface area contributed by atoms with Crippen molar-refractivity contribution in [3.63, 3.8) is 0 Å². The highest BCUT2D eigenvalue weighted by Crippen LogP contribution is 2.00. The van der Waals surface area contributed by atoms with E-state index in [1.165, 1.54) is 0 Å². The molecular formula is C7H15N3O. The zero-order chi connectivity index (χ0) is 8.27. The van der Waals surface area contributed by atoms with Crippen LogP contribution in [0.4, 0.5) is 0 Å². The molecule has 0 bridgehead atoms. The molecule has 0 aromatic carbocycles. The van der Waals surface area contributed by atoms with Crippen LogP contribution in [-0.4, -0.2) is 43.5 Å². The average Bonchev–Trinajstić information content (AvgIpc) is 2.16. The Kier molecular flexibility index (Phi) is 2.84. The van der Waals surface area contributed by atoms with Crippen LogP contribution in [-0.2, 0) is 4.79 Å². The van der Waals surface area contributed by atoms with Gasteiger partial charge in [-0.15, -0.1) is 0 Å². The van der Waals surface area contributed by atoms with E-state index in [0.29, 0.717) is 13.0 Å². The van der Waals surface area contributed by atoms with Gasteiger partial charge in [-0.3, -0.25) is 4.79 Å². The first kappa shape index (κ1) is 8.49. The Bertz CT molecular complexity index is 149. The van der Waals surface area contributed by atoms with E-state index in [2.05, 4.69) is 5.32 Å². The van der Waals surface area contributed by atoms with Gasteiger partial charge in [0.1, 0.15) is 0 Å². The van der Waals surface area contributed by atoms with Crippen molar-refractivity contribution in [1.29, 1.82) is 0 Å². The lowest BCUT2D eigenvalue weighted by atomic mass is 10.2. The van der Waals surface area contributed by atoms with Gasteiger partial charge in [0.15, 0.2) is 0 Å². The summed E-state index contributed by atoms with van der Waals surface area (Å²) < 4.78 is 0. The fourth-order valence-corrected chi connectivity index (χ4v) is 1.22. The second kappa shape index (κ2) is 3.69. The molecule has 64 valence electrons. The van der Waals surface area contributed by atoms with Crippen molar-refractivity contribution >= 4 is 5.91 Å². The smallest absolute Gasteiger partial charge is 0.223 e. The molecular weight excluding hydrogens is 142 g/mol. The Morgan fingerprint density at radius 3 is 3.18 bits per heavy atom. The molecule has 0 saturated carbocycles. The molecule has 0 aliphatic carbocycles. The summed E-state index contributed by atoms with van der Waals surface area (Å²) in [5.41, 5.74) is 5.49. The normalized spacial score (nSPS) is 26.9. The molecule has 11 heavy (non-hydrogen) atoms. The number of hydrogen-bond donors (Lipinski definition) is 2. The minimum absolute atomic E-state index is 0.171. The van der Waals surface area contributed by atoms with Crippen LogP contribution >= 0.6 is 0 Å². The molecule has 1 aliphatic rings. The zero-order valence-corrected chi connectivity index (χ0v) is 6.84. The van der Waals surface area contributed by atoms with Gasteiger partial charge in [0.05, 0.1) is 6.04 Å². The molecule has 0 spiro atoms. The largest absolute Gasteiger partial charge is 0.340 e. The van der Waals surface area contributed by atoms with Crippen molar-refractivity contribution in [2.24, 2.45) is 5.73 Å². The summed E-state index contributed by atoms with van der Waals surface area (Å²) in [5, 5.41) is 3.17. The molecule has 1 heterocycles. The second-order valence-corrected chi connectivity index (χ2v) is 2.85. The molecule has 4 heteroatoms. The molecule has 1 fully saturated rings. The Balaban J connectivity index is 2.56. The SMILES string of the molecule is CN1C(=O)CCNCC1CN. The molecule has 0 radical (unpaired) electrons. The third-order valence-electron chi connectivity index (χ3n) is 2.11. The number of carbonyl (C=O) groups excluding carboxylic acids is 1. The minimum Gasteiger partial charge on any atom is -0.340 e. The van der Waals surface area contributed by atoms with Crippen LogP contribution in [0, 0.1) is 0 Å². The van der Waals surface area contributed by atoms with Gasteiger partial charge in [0.2, 0.25) is 5.91 Å². The summed E-state index contributed by atoms with van der Waals surface area (Å²) in [6.45, 7) is 2.13. The van der Waals surface area contributed by atoms with Gasteiger partial charge in [-0.05, 0) is 0 Å². The van der Waals surface area contributed by atoms with Gasteiger partial charge in [-0.25, -0.2) is 0 Å². The maximum Gasteiger partial charge on any atom is 0.223 e. The summed E-state index contributed by atoms with van der Waals surface area (Å²) in [6, 6.07) is 0.171. The van der Waals surface area contributed by atoms with E-state index in [-0.39, 0.29) is 11.9 Å². The summed E-state index contributed by atoms with van der Waals surface area (Å²) >= 11 is 0. The Morgan fingerprint density at radius 2 is 2.55 bits per heavy atom. The van der Waals surface area contributed by atoms with Crippen LogP contribution in [0.5, 0.6) is 0 Å². The van der Waals surface area contributed by atoms with E-state index in [4.69, 9.17) is 5.73 Å². The molecule has 1 rings (SSSR count). The number of hydrogen-bond acceptors (Lipinski definition) is 3. The van der Waals surface area contributed by atoms with Crippen LogP contribution < -0.4 is 11.1 Å². The molecule has 1 amide bonds. The minimum atomic E-state index is 0.171. The summed E-state index contributed by atoms with van der Waals surface area (Å²) in [5.74, 6) is 0.186. The van der Waals surface area contributed by atoms with Crippen molar-refractivity contribution in [3.05, 3.63) is 0 Å². The number of amides is 1. The molecule has 3 N–H and O–H groups in total. The zero-order valence-electron chi connectivity index (χ0n) is 6.84. The lowest BCUT2D eigenvalue weighted by Gasteiger charge is -2.23. The van der Waals surface area contributed by atoms with Crippen LogP contribution in [0.3, 0.4) is 0 Å². The number of likely N-dealkylation sites (N-methyl/N-ethyl adjacent to an activating group) is 1. The highest BCUT2D eigenvalue weighted by molar-refractivity contribution is 5.76. The Morgan fingerprint density at radius 1 is 1.82 bits per heavy atom. The van der Waals surface area contributed by atoms with Crippen molar-refractivity contribution < 1.29 is 4.79 Å². The number of nitrogens with two attached hydrogens (primary N) is 1. The van der Waals surface area contributed by atoms with Gasteiger partial charge in [0.25, 0.3) is 0 Å². The lowest BCUT2D eigenvalue weighted by molar-refractivity contribution is -0.130. The van der Waals surface area contributed by atoms with E-state index < -0.39 is 0 Å². The van der Waals surface area contributed by atoms with Crippen molar-refractivity contribution in [2.45, 2.75) is 12.5 Å². The Hall–Kier alpha value is -0.610. The maximum atomic E-state index is 11.2. The number of carbonyl (C=O) groups is 1. The van der Waals surface area contributed by atoms with Crippen molar-refractivity contribution in [2.75, 3.05) is 26.7 Å². The second-order valence-electron chi connectivity index (χ2n) is 2.85. The quantitative estimate of drug-likeness (QED) is 0.501. The van der Waals surface area contributed by atoms with Crippen LogP contribution in [0.1, 0.15) is 6.42 Å². The molecule has 1 atom stereocenters. The molecule has 0 aromatic rings. The van der Waals surface area contributed by atoms with Gasteiger partial charge >= 0.3 is 0 Å². The monoisotopic (exact) mass is 157 g/mol. The molecule has 4 nitrogen and oxygen atoms in total. The molecule has 1 aliphatic heterocycles. The van der Waals surface area contributed by atoms with E-state index in [9.17, 15) is 4.79 Å². The number of nitrogens with zero attached hydrogens (tertiary/aromatic N) is 1. The lowest BCUT2D eigenvalue weighted by Crippen LogP contribution is -2.44. The van der Waals surface area contributed by atoms with Crippen molar-refractivity contribution in [3.8, 4) is 0 Å². The summed E-state index contributed by atoms with van der Waals surface area (Å²) in [4.78, 5) is 12.9. The van der Waals surface area contributed by atoms with Crippen LogP contribution in [0.2, 0.25) is 0 Å². The topological polar surface area (TPSA) is 58.4 Å². The fraction of sp³-hybridized carbons (Fsp3) is 0.857. The van der Waals surface area contributed by atoms with E-state index in [0.717, 1.165) is 13.1 Å². The molecule has 1 saturated heterocycles. The Labute approximate surface area is 66.7 Å². The predicted molar refractivity (Wildman–Crippen MR) is 43.1 cm³/mol. The van der Waals surface area contributed by atoms with E-state index in [1.54, 1.807) is 4.90 Å². The first-order valence-electron chi connectivity index (χ1n) is 3.92. The maximum absolute atomic E-state index is 11.2.